The molecular weight excluding hydrogens is 456 g/mol. The number of carbonyl (C=O) groups excluding carboxylic acids is 2. The van der Waals surface area contributed by atoms with E-state index in [4.69, 9.17) is 4.74 Å². The molecule has 0 spiro atoms. The minimum atomic E-state index is -0.223. The first-order valence-corrected chi connectivity index (χ1v) is 11.0. The van der Waals surface area contributed by atoms with E-state index in [1.807, 2.05) is 25.1 Å². The molecule has 3 aromatic carbocycles. The van der Waals surface area contributed by atoms with E-state index >= 15 is 0 Å². The highest BCUT2D eigenvalue weighted by Crippen LogP contribution is 2.27. The molecule has 0 fully saturated rings. The van der Waals surface area contributed by atoms with Gasteiger partial charge in [-0.2, -0.15) is 0 Å². The Kier molecular flexibility index (Phi) is 8.24. The van der Waals surface area contributed by atoms with Crippen LogP contribution in [0, 0.1) is 0 Å². The minimum absolute atomic E-state index is 0.0183. The molecule has 2 amide bonds. The summed E-state index contributed by atoms with van der Waals surface area (Å²) < 4.78 is 6.57. The Bertz CT molecular complexity index is 1020. The molecule has 2 N–H and O–H groups in total. The number of ether oxygens (including phenoxy) is 1. The summed E-state index contributed by atoms with van der Waals surface area (Å²) in [6.45, 7) is 2.51. The molecule has 0 aromatic heterocycles. The van der Waals surface area contributed by atoms with Gasteiger partial charge in [-0.3, -0.25) is 9.59 Å². The van der Waals surface area contributed by atoms with Crippen molar-refractivity contribution in [3.8, 4) is 5.75 Å². The SMILES string of the molecule is CCCC(=O)Nc1ccc(NC(=O)c2ccc(OCCc3ccccc3)c(Br)c2)cc1. The normalized spacial score (nSPS) is 10.4. The smallest absolute Gasteiger partial charge is 0.255 e. The van der Waals surface area contributed by atoms with E-state index < -0.39 is 0 Å². The molecular formula is C25H25BrN2O3. The standard InChI is InChI=1S/C25H25BrN2O3/c1-2-6-24(29)27-20-10-12-21(13-11-20)28-25(30)19-9-14-23(22(26)17-19)31-16-15-18-7-4-3-5-8-18/h3-5,7-14,17H,2,6,15-16H2,1H3,(H,27,29)(H,28,30). The lowest BCUT2D eigenvalue weighted by atomic mass is 10.1. The van der Waals surface area contributed by atoms with E-state index in [9.17, 15) is 9.59 Å². The van der Waals surface area contributed by atoms with Gasteiger partial charge in [-0.1, -0.05) is 37.3 Å². The Labute approximate surface area is 191 Å². The number of hydrogen-bond donors (Lipinski definition) is 2. The molecule has 0 saturated heterocycles. The fourth-order valence-electron chi connectivity index (χ4n) is 2.97. The fraction of sp³-hybridized carbons (Fsp3) is 0.200. The van der Waals surface area contributed by atoms with Crippen molar-refractivity contribution >= 4 is 39.1 Å². The first-order chi connectivity index (χ1) is 15.0. The van der Waals surface area contributed by atoms with Gasteiger partial charge in [0.1, 0.15) is 5.75 Å². The van der Waals surface area contributed by atoms with Gasteiger partial charge in [0.25, 0.3) is 5.91 Å². The largest absolute Gasteiger partial charge is 0.492 e. The minimum Gasteiger partial charge on any atom is -0.492 e. The Morgan fingerprint density at radius 3 is 2.23 bits per heavy atom. The first kappa shape index (κ1) is 22.6. The zero-order valence-corrected chi connectivity index (χ0v) is 18.9. The molecule has 160 valence electrons. The second kappa shape index (κ2) is 11.3. The third kappa shape index (κ3) is 6.96. The van der Waals surface area contributed by atoms with Crippen LogP contribution < -0.4 is 15.4 Å². The van der Waals surface area contributed by atoms with Crippen molar-refractivity contribution in [1.82, 2.24) is 0 Å². The highest BCUT2D eigenvalue weighted by molar-refractivity contribution is 9.10. The van der Waals surface area contributed by atoms with Gasteiger partial charge < -0.3 is 15.4 Å². The average molecular weight is 481 g/mol. The van der Waals surface area contributed by atoms with Crippen molar-refractivity contribution < 1.29 is 14.3 Å². The van der Waals surface area contributed by atoms with E-state index in [0.717, 1.165) is 17.3 Å². The van der Waals surface area contributed by atoms with Gasteiger partial charge in [0.15, 0.2) is 0 Å². The van der Waals surface area contributed by atoms with Crippen molar-refractivity contribution in [2.75, 3.05) is 17.2 Å². The summed E-state index contributed by atoms with van der Waals surface area (Å²) in [5.41, 5.74) is 3.09. The number of nitrogens with one attached hydrogen (secondary N) is 2. The van der Waals surface area contributed by atoms with Crippen molar-refractivity contribution in [3.63, 3.8) is 0 Å². The third-order valence-electron chi connectivity index (χ3n) is 4.59. The predicted molar refractivity (Wildman–Crippen MR) is 128 cm³/mol. The molecule has 0 heterocycles. The Hall–Kier alpha value is -3.12. The van der Waals surface area contributed by atoms with Crippen LogP contribution in [0.2, 0.25) is 0 Å². The molecule has 5 nitrogen and oxygen atoms in total. The van der Waals surface area contributed by atoms with Crippen molar-refractivity contribution in [2.24, 2.45) is 0 Å². The highest BCUT2D eigenvalue weighted by atomic mass is 79.9. The van der Waals surface area contributed by atoms with E-state index in [0.29, 0.717) is 35.7 Å². The van der Waals surface area contributed by atoms with Gasteiger partial charge in [0.05, 0.1) is 11.1 Å². The monoisotopic (exact) mass is 480 g/mol. The van der Waals surface area contributed by atoms with Gasteiger partial charge in [0.2, 0.25) is 5.91 Å². The molecule has 6 heteroatoms. The maximum Gasteiger partial charge on any atom is 0.255 e. The number of benzene rings is 3. The van der Waals surface area contributed by atoms with Gasteiger partial charge in [-0.05, 0) is 70.4 Å². The zero-order chi connectivity index (χ0) is 22.1. The number of carbonyl (C=O) groups is 2. The number of rotatable bonds is 9. The molecule has 0 radical (unpaired) electrons. The first-order valence-electron chi connectivity index (χ1n) is 10.2. The molecule has 0 atom stereocenters. The highest BCUT2D eigenvalue weighted by Gasteiger charge is 2.10. The van der Waals surface area contributed by atoms with Crippen molar-refractivity contribution in [3.05, 3.63) is 88.4 Å². The molecule has 31 heavy (non-hydrogen) atoms. The summed E-state index contributed by atoms with van der Waals surface area (Å²) in [5, 5.41) is 5.69. The van der Waals surface area contributed by atoms with Gasteiger partial charge in [-0.25, -0.2) is 0 Å². The van der Waals surface area contributed by atoms with Crippen LogP contribution >= 0.6 is 15.9 Å². The Morgan fingerprint density at radius 1 is 0.903 bits per heavy atom. The lowest BCUT2D eigenvalue weighted by Gasteiger charge is -2.11. The van der Waals surface area contributed by atoms with Crippen LogP contribution in [-0.2, 0) is 11.2 Å². The number of hydrogen-bond acceptors (Lipinski definition) is 3. The van der Waals surface area contributed by atoms with E-state index in [1.165, 1.54) is 5.56 Å². The number of amides is 2. The summed E-state index contributed by atoms with van der Waals surface area (Å²) in [6.07, 6.45) is 2.09. The van der Waals surface area contributed by atoms with Crippen LogP contribution in [0.1, 0.15) is 35.7 Å². The summed E-state index contributed by atoms with van der Waals surface area (Å²) in [4.78, 5) is 24.2. The van der Waals surface area contributed by atoms with Crippen LogP contribution in [-0.4, -0.2) is 18.4 Å². The molecule has 0 unspecified atom stereocenters. The Balaban J connectivity index is 1.54. The van der Waals surface area contributed by atoms with Crippen LogP contribution in [0.4, 0.5) is 11.4 Å². The van der Waals surface area contributed by atoms with Crippen LogP contribution in [0.5, 0.6) is 5.75 Å². The average Bonchev–Trinajstić information content (AvgIpc) is 2.77. The summed E-state index contributed by atoms with van der Waals surface area (Å²) in [6, 6.07) is 22.5. The quantitative estimate of drug-likeness (QED) is 0.390. The lowest BCUT2D eigenvalue weighted by Crippen LogP contribution is -2.13. The summed E-state index contributed by atoms with van der Waals surface area (Å²) >= 11 is 3.49. The van der Waals surface area contributed by atoms with Crippen LogP contribution in [0.15, 0.2) is 77.3 Å². The second-order valence-electron chi connectivity index (χ2n) is 7.06. The molecule has 0 saturated carbocycles. The lowest BCUT2D eigenvalue weighted by molar-refractivity contribution is -0.116. The topological polar surface area (TPSA) is 67.4 Å². The summed E-state index contributed by atoms with van der Waals surface area (Å²) in [5.74, 6) is 0.453. The fourth-order valence-corrected chi connectivity index (χ4v) is 3.47. The van der Waals surface area contributed by atoms with Gasteiger partial charge in [-0.15, -0.1) is 0 Å². The molecule has 0 aliphatic rings. The molecule has 3 rings (SSSR count). The van der Waals surface area contributed by atoms with E-state index in [1.54, 1.807) is 42.5 Å². The van der Waals surface area contributed by atoms with E-state index in [-0.39, 0.29) is 11.8 Å². The molecule has 0 bridgehead atoms. The molecule has 0 aliphatic carbocycles. The van der Waals surface area contributed by atoms with Crippen molar-refractivity contribution in [2.45, 2.75) is 26.2 Å². The van der Waals surface area contributed by atoms with Crippen molar-refractivity contribution in [1.29, 1.82) is 0 Å². The van der Waals surface area contributed by atoms with Gasteiger partial charge >= 0.3 is 0 Å². The third-order valence-corrected chi connectivity index (χ3v) is 5.21. The number of anilines is 2. The second-order valence-corrected chi connectivity index (χ2v) is 7.91. The van der Waals surface area contributed by atoms with Crippen LogP contribution in [0.3, 0.4) is 0 Å². The maximum absolute atomic E-state index is 12.6. The molecule has 0 aliphatic heterocycles. The maximum atomic E-state index is 12.6. The van der Waals surface area contributed by atoms with Gasteiger partial charge in [0, 0.05) is 29.8 Å². The molecule has 3 aromatic rings. The number of halogens is 1. The van der Waals surface area contributed by atoms with E-state index in [2.05, 4.69) is 38.7 Å². The van der Waals surface area contributed by atoms with Crippen LogP contribution in [0.25, 0.3) is 0 Å². The zero-order valence-electron chi connectivity index (χ0n) is 17.4. The predicted octanol–water partition coefficient (Wildman–Crippen LogP) is 6.06. The summed E-state index contributed by atoms with van der Waals surface area (Å²) in [7, 11) is 0. The Morgan fingerprint density at radius 2 is 1.58 bits per heavy atom.